The summed E-state index contributed by atoms with van der Waals surface area (Å²) in [5.74, 6) is 0.230. The van der Waals surface area contributed by atoms with E-state index in [9.17, 15) is 21.6 Å². The summed E-state index contributed by atoms with van der Waals surface area (Å²) in [6.45, 7) is 4.16. The molecule has 1 N–H and O–H groups in total. The molecule has 2 fully saturated rings. The fourth-order valence-corrected chi connectivity index (χ4v) is 8.46. The summed E-state index contributed by atoms with van der Waals surface area (Å²) in [7, 11) is -7.07. The molecule has 3 aromatic rings. The maximum absolute atomic E-state index is 12.9. The molecule has 2 aromatic carbocycles. The number of rotatable bonds is 9. The molecule has 14 heteroatoms. The Balaban J connectivity index is 1.14. The zero-order chi connectivity index (χ0) is 28.3. The van der Waals surface area contributed by atoms with E-state index in [0.717, 1.165) is 37.4 Å². The van der Waals surface area contributed by atoms with Gasteiger partial charge in [-0.05, 0) is 80.1 Å². The molecule has 1 aromatic heterocycles. The minimum absolute atomic E-state index is 0.000363. The smallest absolute Gasteiger partial charge is 0.277 e. The van der Waals surface area contributed by atoms with Crippen molar-refractivity contribution in [3.8, 4) is 11.5 Å². The third-order valence-electron chi connectivity index (χ3n) is 6.93. The number of anilines is 1. The van der Waals surface area contributed by atoms with Gasteiger partial charge < -0.3 is 9.73 Å². The number of thioether (sulfide) groups is 1. The van der Waals surface area contributed by atoms with Crippen LogP contribution < -0.4 is 5.32 Å². The minimum Gasteiger partial charge on any atom is -0.411 e. The van der Waals surface area contributed by atoms with Crippen molar-refractivity contribution in [2.45, 2.75) is 47.6 Å². The van der Waals surface area contributed by atoms with E-state index in [0.29, 0.717) is 43.3 Å². The fraction of sp³-hybridized carbons (Fsp3) is 0.423. The van der Waals surface area contributed by atoms with E-state index in [-0.39, 0.29) is 32.6 Å². The molecule has 5 rings (SSSR count). The summed E-state index contributed by atoms with van der Waals surface area (Å²) < 4.78 is 59.9. The monoisotopic (exact) mass is 605 g/mol. The predicted molar refractivity (Wildman–Crippen MR) is 151 cm³/mol. The standard InChI is InChI=1S/C26H31N5O6S3/c1-19-5-4-16-31(17-19)40(35,36)23-12-8-21(9-13-23)27-24(32)18-38-26-29-28-25(37-26)20-6-10-22(11-7-20)39(33,34)30-14-2-3-15-30/h6-13,19H,2-5,14-18H2,1H3,(H,27,32). The van der Waals surface area contributed by atoms with E-state index in [1.54, 1.807) is 24.3 Å². The number of nitrogens with zero attached hydrogens (tertiary/aromatic N) is 4. The Morgan fingerprint density at radius 2 is 1.50 bits per heavy atom. The molecule has 0 saturated carbocycles. The molecule has 0 spiro atoms. The van der Waals surface area contributed by atoms with Crippen LogP contribution in [-0.2, 0) is 24.8 Å². The lowest BCUT2D eigenvalue weighted by Crippen LogP contribution is -2.39. The molecule has 1 unspecified atom stereocenters. The first-order valence-electron chi connectivity index (χ1n) is 13.1. The minimum atomic E-state index is -3.56. The van der Waals surface area contributed by atoms with Crippen molar-refractivity contribution in [2.24, 2.45) is 5.92 Å². The first kappa shape index (κ1) is 28.7. The van der Waals surface area contributed by atoms with Crippen molar-refractivity contribution in [1.82, 2.24) is 18.8 Å². The highest BCUT2D eigenvalue weighted by Gasteiger charge is 2.29. The molecule has 214 valence electrons. The maximum Gasteiger partial charge on any atom is 0.277 e. The van der Waals surface area contributed by atoms with Crippen LogP contribution in [0.15, 0.2) is 68.0 Å². The molecule has 40 heavy (non-hydrogen) atoms. The third-order valence-corrected chi connectivity index (χ3v) is 11.5. The number of aromatic nitrogens is 2. The summed E-state index contributed by atoms with van der Waals surface area (Å²) in [4.78, 5) is 12.9. The lowest BCUT2D eigenvalue weighted by Gasteiger charge is -2.30. The first-order valence-corrected chi connectivity index (χ1v) is 17.0. The van der Waals surface area contributed by atoms with Crippen molar-refractivity contribution >= 4 is 43.4 Å². The Kier molecular flexibility index (Phi) is 8.61. The predicted octanol–water partition coefficient (Wildman–Crippen LogP) is 3.67. The van der Waals surface area contributed by atoms with Gasteiger partial charge in [-0.2, -0.15) is 8.61 Å². The molecule has 0 bridgehead atoms. The van der Waals surface area contributed by atoms with Gasteiger partial charge in [0, 0.05) is 37.4 Å². The van der Waals surface area contributed by atoms with Gasteiger partial charge in [0.25, 0.3) is 5.22 Å². The Labute approximate surface area is 238 Å². The van der Waals surface area contributed by atoms with E-state index in [4.69, 9.17) is 4.42 Å². The van der Waals surface area contributed by atoms with Crippen molar-refractivity contribution < 1.29 is 26.0 Å². The fourth-order valence-electron chi connectivity index (χ4n) is 4.78. The zero-order valence-corrected chi connectivity index (χ0v) is 24.5. The van der Waals surface area contributed by atoms with Gasteiger partial charge in [-0.1, -0.05) is 18.7 Å². The second-order valence-corrected chi connectivity index (χ2v) is 14.8. The second-order valence-electron chi connectivity index (χ2n) is 9.98. The third kappa shape index (κ3) is 6.41. The zero-order valence-electron chi connectivity index (χ0n) is 22.0. The van der Waals surface area contributed by atoms with Gasteiger partial charge in [0.15, 0.2) is 0 Å². The normalized spacial score (nSPS) is 19.1. The van der Waals surface area contributed by atoms with Crippen molar-refractivity contribution in [1.29, 1.82) is 0 Å². The molecule has 2 saturated heterocycles. The van der Waals surface area contributed by atoms with E-state index >= 15 is 0 Å². The average Bonchev–Trinajstić information content (AvgIpc) is 3.66. The molecule has 0 aliphatic carbocycles. The lowest BCUT2D eigenvalue weighted by molar-refractivity contribution is -0.113. The van der Waals surface area contributed by atoms with Gasteiger partial charge in [0.05, 0.1) is 15.5 Å². The maximum atomic E-state index is 12.9. The molecular weight excluding hydrogens is 575 g/mol. The lowest BCUT2D eigenvalue weighted by atomic mass is 10.0. The summed E-state index contributed by atoms with van der Waals surface area (Å²) in [5.41, 5.74) is 1.05. The van der Waals surface area contributed by atoms with Crippen LogP contribution in [0.2, 0.25) is 0 Å². The van der Waals surface area contributed by atoms with Crippen molar-refractivity contribution in [3.05, 3.63) is 48.5 Å². The van der Waals surface area contributed by atoms with Crippen LogP contribution in [0.1, 0.15) is 32.6 Å². The molecule has 1 amide bonds. The Morgan fingerprint density at radius 3 is 2.15 bits per heavy atom. The molecule has 2 aliphatic rings. The van der Waals surface area contributed by atoms with Gasteiger partial charge in [-0.25, -0.2) is 16.8 Å². The molecule has 3 heterocycles. The average molecular weight is 606 g/mol. The summed E-state index contributed by atoms with van der Waals surface area (Å²) in [5, 5.41) is 10.9. The van der Waals surface area contributed by atoms with Crippen LogP contribution in [0.4, 0.5) is 5.69 Å². The number of carbonyl (C=O) groups excluding carboxylic acids is 1. The van der Waals surface area contributed by atoms with Crippen LogP contribution >= 0.6 is 11.8 Å². The number of piperidine rings is 1. The van der Waals surface area contributed by atoms with E-state index in [2.05, 4.69) is 22.4 Å². The van der Waals surface area contributed by atoms with Crippen LogP contribution in [0.3, 0.4) is 0 Å². The number of hydrogen-bond donors (Lipinski definition) is 1. The highest BCUT2D eigenvalue weighted by Crippen LogP contribution is 2.27. The number of sulfonamides is 2. The Hall–Kier alpha value is -2.78. The van der Waals surface area contributed by atoms with Gasteiger partial charge in [0.1, 0.15) is 0 Å². The highest BCUT2D eigenvalue weighted by atomic mass is 32.2. The van der Waals surface area contributed by atoms with Crippen LogP contribution in [0.5, 0.6) is 0 Å². The number of amides is 1. The number of nitrogens with one attached hydrogen (secondary N) is 1. The van der Waals surface area contributed by atoms with Gasteiger partial charge >= 0.3 is 0 Å². The topological polar surface area (TPSA) is 143 Å². The van der Waals surface area contributed by atoms with E-state index in [1.165, 1.54) is 32.9 Å². The first-order chi connectivity index (χ1) is 19.1. The van der Waals surface area contributed by atoms with Crippen LogP contribution in [0.25, 0.3) is 11.5 Å². The second kappa shape index (κ2) is 12.0. The Bertz CT molecular complexity index is 1550. The molecule has 2 aliphatic heterocycles. The van der Waals surface area contributed by atoms with Crippen LogP contribution in [-0.4, -0.2) is 73.5 Å². The number of carbonyl (C=O) groups is 1. The van der Waals surface area contributed by atoms with Gasteiger partial charge in [0.2, 0.25) is 31.8 Å². The molecule has 11 nitrogen and oxygen atoms in total. The summed E-state index contributed by atoms with van der Waals surface area (Å²) in [6.07, 6.45) is 3.61. The van der Waals surface area contributed by atoms with Gasteiger partial charge in [-0.3, -0.25) is 4.79 Å². The largest absolute Gasteiger partial charge is 0.411 e. The summed E-state index contributed by atoms with van der Waals surface area (Å²) in [6, 6.07) is 12.4. The van der Waals surface area contributed by atoms with Gasteiger partial charge in [-0.15, -0.1) is 10.2 Å². The SMILES string of the molecule is CC1CCCN(S(=O)(=O)c2ccc(NC(=O)CSc3nnc(-c4ccc(S(=O)(=O)N5CCCC5)cc4)o3)cc2)C1. The molecule has 0 radical (unpaired) electrons. The molecule has 1 atom stereocenters. The summed E-state index contributed by atoms with van der Waals surface area (Å²) >= 11 is 1.06. The van der Waals surface area contributed by atoms with Crippen molar-refractivity contribution in [2.75, 3.05) is 37.2 Å². The highest BCUT2D eigenvalue weighted by molar-refractivity contribution is 7.99. The van der Waals surface area contributed by atoms with Crippen molar-refractivity contribution in [3.63, 3.8) is 0 Å². The van der Waals surface area contributed by atoms with E-state index in [1.807, 2.05) is 0 Å². The number of hydrogen-bond acceptors (Lipinski definition) is 9. The number of benzene rings is 2. The Morgan fingerprint density at radius 1 is 0.900 bits per heavy atom. The van der Waals surface area contributed by atoms with Crippen LogP contribution in [0, 0.1) is 5.92 Å². The quantitative estimate of drug-likeness (QED) is 0.361. The van der Waals surface area contributed by atoms with E-state index < -0.39 is 20.0 Å². The molecular formula is C26H31N5O6S3.